The molecule has 0 heterocycles. The van der Waals surface area contributed by atoms with Gasteiger partial charge in [0.05, 0.1) is 11.1 Å². The Morgan fingerprint density at radius 2 is 1.61 bits per heavy atom. The lowest BCUT2D eigenvalue weighted by molar-refractivity contribution is -0.153. The Hall–Kier alpha value is -2.90. The van der Waals surface area contributed by atoms with Gasteiger partial charge >= 0.3 is 5.97 Å². The second kappa shape index (κ2) is 8.00. The first-order valence-corrected chi connectivity index (χ1v) is 8.71. The number of carbonyl (C=O) groups excluding carboxylic acids is 2. The third-order valence-electron chi connectivity index (χ3n) is 4.88. The molecule has 0 saturated heterocycles. The predicted octanol–water partition coefficient (Wildman–Crippen LogP) is 4.24. The zero-order chi connectivity index (χ0) is 20.3. The second-order valence-electron chi connectivity index (χ2n) is 6.62. The van der Waals surface area contributed by atoms with Gasteiger partial charge in [-0.1, -0.05) is 31.0 Å². The monoisotopic (exact) mass is 395 g/mol. The average Bonchev–Trinajstić information content (AvgIpc) is 3.18. The number of ether oxygens (including phenoxy) is 1. The molecule has 3 rings (SSSR count). The molecule has 1 saturated carbocycles. The highest BCUT2D eigenvalue weighted by Gasteiger charge is 2.45. The molecule has 0 aliphatic heterocycles. The van der Waals surface area contributed by atoms with Crippen molar-refractivity contribution in [3.05, 3.63) is 65.2 Å². The summed E-state index contributed by atoms with van der Waals surface area (Å²) in [7, 11) is 0. The fourth-order valence-corrected chi connectivity index (χ4v) is 3.49. The molecule has 1 amide bonds. The lowest BCUT2D eigenvalue weighted by Gasteiger charge is -2.27. The number of halogens is 4. The van der Waals surface area contributed by atoms with Gasteiger partial charge in [-0.3, -0.25) is 9.59 Å². The lowest BCUT2D eigenvalue weighted by atomic mass is 9.78. The molecular formula is C20H17F4NO3. The first-order chi connectivity index (χ1) is 13.3. The summed E-state index contributed by atoms with van der Waals surface area (Å²) in [5.74, 6) is -6.89. The minimum Gasteiger partial charge on any atom is -0.455 e. The topological polar surface area (TPSA) is 55.4 Å². The van der Waals surface area contributed by atoms with Crippen LogP contribution in [-0.4, -0.2) is 18.5 Å². The Labute approximate surface area is 158 Å². The molecule has 4 nitrogen and oxygen atoms in total. The predicted molar refractivity (Wildman–Crippen MR) is 92.5 cm³/mol. The van der Waals surface area contributed by atoms with Gasteiger partial charge in [-0.15, -0.1) is 0 Å². The Morgan fingerprint density at radius 3 is 2.29 bits per heavy atom. The zero-order valence-electron chi connectivity index (χ0n) is 14.7. The van der Waals surface area contributed by atoms with E-state index in [-0.39, 0.29) is 5.56 Å². The van der Waals surface area contributed by atoms with Gasteiger partial charge in [0.2, 0.25) is 0 Å². The summed E-state index contributed by atoms with van der Waals surface area (Å²) in [6.45, 7) is -0.770. The second-order valence-corrected chi connectivity index (χ2v) is 6.62. The van der Waals surface area contributed by atoms with Crippen molar-refractivity contribution in [2.45, 2.75) is 31.1 Å². The Bertz CT molecular complexity index is 910. The van der Waals surface area contributed by atoms with Gasteiger partial charge in [-0.05, 0) is 31.0 Å². The van der Waals surface area contributed by atoms with E-state index in [1.807, 2.05) is 5.32 Å². The lowest BCUT2D eigenvalue weighted by Crippen LogP contribution is -2.37. The summed E-state index contributed by atoms with van der Waals surface area (Å²) >= 11 is 0. The highest BCUT2D eigenvalue weighted by molar-refractivity contribution is 5.94. The van der Waals surface area contributed by atoms with Crippen LogP contribution < -0.4 is 5.32 Å². The average molecular weight is 395 g/mol. The van der Waals surface area contributed by atoms with Crippen molar-refractivity contribution in [3.8, 4) is 0 Å². The van der Waals surface area contributed by atoms with Crippen LogP contribution in [0.4, 0.5) is 23.2 Å². The van der Waals surface area contributed by atoms with Crippen molar-refractivity contribution < 1.29 is 31.9 Å². The van der Waals surface area contributed by atoms with Crippen LogP contribution in [0.2, 0.25) is 0 Å². The number of amides is 1. The molecule has 148 valence electrons. The van der Waals surface area contributed by atoms with Gasteiger partial charge in [-0.25, -0.2) is 17.6 Å². The number of esters is 1. The molecule has 0 radical (unpaired) electrons. The smallest absolute Gasteiger partial charge is 0.317 e. The van der Waals surface area contributed by atoms with Crippen molar-refractivity contribution in [1.82, 2.24) is 0 Å². The maximum absolute atomic E-state index is 14.3. The molecule has 1 aliphatic carbocycles. The maximum Gasteiger partial charge on any atom is 0.317 e. The fraction of sp³-hybridized carbons (Fsp3) is 0.300. The van der Waals surface area contributed by atoms with Gasteiger partial charge in [0, 0.05) is 5.56 Å². The zero-order valence-corrected chi connectivity index (χ0v) is 14.7. The van der Waals surface area contributed by atoms with Gasteiger partial charge in [-0.2, -0.15) is 0 Å². The summed E-state index contributed by atoms with van der Waals surface area (Å²) in [6.07, 6.45) is 2.17. The molecule has 1 aliphatic rings. The third kappa shape index (κ3) is 3.72. The van der Waals surface area contributed by atoms with Crippen LogP contribution in [0.15, 0.2) is 36.4 Å². The van der Waals surface area contributed by atoms with E-state index in [4.69, 9.17) is 4.74 Å². The van der Waals surface area contributed by atoms with Crippen LogP contribution in [0.25, 0.3) is 0 Å². The van der Waals surface area contributed by atoms with Crippen LogP contribution >= 0.6 is 0 Å². The van der Waals surface area contributed by atoms with Crippen molar-refractivity contribution in [2.24, 2.45) is 0 Å². The summed E-state index contributed by atoms with van der Waals surface area (Å²) in [5, 5.41) is 2.02. The number of hydrogen-bond acceptors (Lipinski definition) is 3. The minimum atomic E-state index is -1.72. The van der Waals surface area contributed by atoms with Gasteiger partial charge in [0.15, 0.2) is 24.1 Å². The van der Waals surface area contributed by atoms with E-state index in [2.05, 4.69) is 0 Å². The quantitative estimate of drug-likeness (QED) is 0.468. The van der Waals surface area contributed by atoms with Gasteiger partial charge in [0.1, 0.15) is 5.82 Å². The molecule has 1 N–H and O–H groups in total. The minimum absolute atomic E-state index is 0.213. The first kappa shape index (κ1) is 19.9. The largest absolute Gasteiger partial charge is 0.455 e. The Morgan fingerprint density at radius 1 is 0.929 bits per heavy atom. The first-order valence-electron chi connectivity index (χ1n) is 8.71. The third-order valence-corrected chi connectivity index (χ3v) is 4.88. The van der Waals surface area contributed by atoms with Crippen molar-refractivity contribution in [3.63, 3.8) is 0 Å². The highest BCUT2D eigenvalue weighted by atomic mass is 19.2. The van der Waals surface area contributed by atoms with E-state index < -0.39 is 52.9 Å². The molecule has 28 heavy (non-hydrogen) atoms. The number of hydrogen-bond donors (Lipinski definition) is 1. The van der Waals surface area contributed by atoms with Crippen LogP contribution in [0.5, 0.6) is 0 Å². The molecule has 1 fully saturated rings. The van der Waals surface area contributed by atoms with E-state index >= 15 is 0 Å². The molecule has 0 atom stereocenters. The van der Waals surface area contributed by atoms with Crippen molar-refractivity contribution in [1.29, 1.82) is 0 Å². The molecule has 0 aromatic heterocycles. The molecule has 8 heteroatoms. The summed E-state index contributed by atoms with van der Waals surface area (Å²) < 4.78 is 59.1. The van der Waals surface area contributed by atoms with E-state index in [0.29, 0.717) is 31.7 Å². The van der Waals surface area contributed by atoms with Gasteiger partial charge in [0.25, 0.3) is 5.91 Å². The molecule has 2 aromatic rings. The standard InChI is InChI=1S/C20H17F4NO3/c21-13-6-2-1-5-12(13)20(9-3-4-10-20)19(27)28-11-16(26)25-15-8-7-14(22)17(23)18(15)24/h1-2,5-8H,3-4,9-11H2,(H,25,26). The Kier molecular flexibility index (Phi) is 5.67. The normalized spacial score (nSPS) is 15.3. The maximum atomic E-state index is 14.3. The van der Waals surface area contributed by atoms with E-state index in [1.165, 1.54) is 18.2 Å². The van der Waals surface area contributed by atoms with E-state index in [9.17, 15) is 27.2 Å². The molecule has 0 spiro atoms. The fourth-order valence-electron chi connectivity index (χ4n) is 3.49. The number of carbonyl (C=O) groups is 2. The summed E-state index contributed by atoms with van der Waals surface area (Å²) in [5.41, 5.74) is -1.55. The Balaban J connectivity index is 1.70. The highest BCUT2D eigenvalue weighted by Crippen LogP contribution is 2.43. The van der Waals surface area contributed by atoms with Crippen molar-refractivity contribution in [2.75, 3.05) is 11.9 Å². The molecular weight excluding hydrogens is 378 g/mol. The van der Waals surface area contributed by atoms with Crippen LogP contribution in [0.1, 0.15) is 31.2 Å². The number of nitrogens with one attached hydrogen (secondary N) is 1. The molecule has 0 bridgehead atoms. The van der Waals surface area contributed by atoms with Crippen LogP contribution in [-0.2, 0) is 19.7 Å². The van der Waals surface area contributed by atoms with Gasteiger partial charge < -0.3 is 10.1 Å². The number of benzene rings is 2. The van der Waals surface area contributed by atoms with Crippen LogP contribution in [0, 0.1) is 23.3 Å². The molecule has 0 unspecified atom stereocenters. The SMILES string of the molecule is O=C(COC(=O)C1(c2ccccc2F)CCCC1)Nc1ccc(F)c(F)c1F. The van der Waals surface area contributed by atoms with E-state index in [1.54, 1.807) is 6.07 Å². The van der Waals surface area contributed by atoms with E-state index in [0.717, 1.165) is 6.07 Å². The number of rotatable bonds is 5. The molecule has 2 aromatic carbocycles. The van der Waals surface area contributed by atoms with Crippen LogP contribution in [0.3, 0.4) is 0 Å². The number of anilines is 1. The summed E-state index contributed by atoms with van der Waals surface area (Å²) in [4.78, 5) is 24.6. The summed E-state index contributed by atoms with van der Waals surface area (Å²) in [6, 6.07) is 7.40. The van der Waals surface area contributed by atoms with Crippen molar-refractivity contribution >= 4 is 17.6 Å².